The van der Waals surface area contributed by atoms with Crippen molar-refractivity contribution >= 4 is 27.8 Å². The number of rotatable bonds is 4. The molecular weight excluding hydrogens is 324 g/mol. The highest BCUT2D eigenvalue weighted by Crippen LogP contribution is 2.30. The number of esters is 1. The van der Waals surface area contributed by atoms with Gasteiger partial charge in [-0.1, -0.05) is 48.0 Å². The molecule has 0 bridgehead atoms. The highest BCUT2D eigenvalue weighted by molar-refractivity contribution is 6.09. The van der Waals surface area contributed by atoms with Crippen LogP contribution in [0.5, 0.6) is 0 Å². The standard InChI is InChI=1S/C22H20N2O2/c1-3-26-22(25)19-12-18-17-6-4-5-7-20(17)24(21(18)13-23-19)14-16-10-8-15(2)9-11-16/h4-13H,3,14H2,1-2H3. The number of carbonyl (C=O) groups is 1. The lowest BCUT2D eigenvalue weighted by Gasteiger charge is -2.08. The van der Waals surface area contributed by atoms with Crippen LogP contribution < -0.4 is 0 Å². The molecule has 0 aliphatic heterocycles. The van der Waals surface area contributed by atoms with Crippen LogP contribution in [0.25, 0.3) is 21.8 Å². The van der Waals surface area contributed by atoms with Gasteiger partial charge in [-0.2, -0.15) is 0 Å². The Kier molecular flexibility index (Phi) is 4.17. The summed E-state index contributed by atoms with van der Waals surface area (Å²) in [6, 6.07) is 18.6. The minimum absolute atomic E-state index is 0.341. The Morgan fingerprint density at radius 3 is 2.58 bits per heavy atom. The maximum atomic E-state index is 12.1. The number of benzene rings is 2. The number of ether oxygens (including phenoxy) is 1. The molecule has 0 aliphatic carbocycles. The molecule has 0 radical (unpaired) electrons. The number of hydrogen-bond acceptors (Lipinski definition) is 3. The van der Waals surface area contributed by atoms with Crippen molar-refractivity contribution in [3.8, 4) is 0 Å². The third-order valence-corrected chi connectivity index (χ3v) is 4.60. The number of carbonyl (C=O) groups excluding carboxylic acids is 1. The summed E-state index contributed by atoms with van der Waals surface area (Å²) in [6.45, 7) is 4.98. The topological polar surface area (TPSA) is 44.1 Å². The van der Waals surface area contributed by atoms with Crippen molar-refractivity contribution in [3.05, 3.63) is 77.6 Å². The molecule has 4 rings (SSSR count). The van der Waals surface area contributed by atoms with E-state index in [1.54, 1.807) is 13.1 Å². The van der Waals surface area contributed by atoms with Gasteiger partial charge in [0.2, 0.25) is 0 Å². The summed E-state index contributed by atoms with van der Waals surface area (Å²) in [7, 11) is 0. The first kappa shape index (κ1) is 16.3. The predicted octanol–water partition coefficient (Wildman–Crippen LogP) is 4.72. The van der Waals surface area contributed by atoms with Gasteiger partial charge in [0.1, 0.15) is 5.69 Å². The molecule has 4 heteroatoms. The Hall–Kier alpha value is -3.14. The van der Waals surface area contributed by atoms with Crippen molar-refractivity contribution in [2.75, 3.05) is 6.61 Å². The van der Waals surface area contributed by atoms with Crippen LogP contribution in [-0.2, 0) is 11.3 Å². The Bertz CT molecular complexity index is 1090. The van der Waals surface area contributed by atoms with Crippen molar-refractivity contribution < 1.29 is 9.53 Å². The summed E-state index contributed by atoms with van der Waals surface area (Å²) in [5, 5.41) is 2.13. The number of pyridine rings is 1. The average Bonchev–Trinajstić information content (AvgIpc) is 2.97. The molecule has 4 aromatic rings. The van der Waals surface area contributed by atoms with E-state index in [0.717, 1.165) is 28.4 Å². The number of fused-ring (bicyclic) bond motifs is 3. The fraction of sp³-hybridized carbons (Fsp3) is 0.182. The van der Waals surface area contributed by atoms with Crippen molar-refractivity contribution in [2.45, 2.75) is 20.4 Å². The Labute approximate surface area is 152 Å². The summed E-state index contributed by atoms with van der Waals surface area (Å²) < 4.78 is 7.34. The molecule has 0 fully saturated rings. The second-order valence-electron chi connectivity index (χ2n) is 6.40. The number of aryl methyl sites for hydroxylation is 1. The maximum Gasteiger partial charge on any atom is 0.356 e. The molecule has 26 heavy (non-hydrogen) atoms. The quantitative estimate of drug-likeness (QED) is 0.503. The fourth-order valence-electron chi connectivity index (χ4n) is 3.31. The van der Waals surface area contributed by atoms with E-state index in [1.165, 1.54) is 11.1 Å². The minimum atomic E-state index is -0.384. The van der Waals surface area contributed by atoms with E-state index in [2.05, 4.69) is 52.9 Å². The lowest BCUT2D eigenvalue weighted by molar-refractivity contribution is 0.0519. The van der Waals surface area contributed by atoms with E-state index in [-0.39, 0.29) is 5.97 Å². The number of nitrogens with zero attached hydrogens (tertiary/aromatic N) is 2. The Balaban J connectivity index is 1.88. The van der Waals surface area contributed by atoms with Crippen molar-refractivity contribution in [3.63, 3.8) is 0 Å². The molecule has 0 unspecified atom stereocenters. The van der Waals surface area contributed by atoms with Gasteiger partial charge in [0.05, 0.1) is 18.3 Å². The molecule has 0 saturated heterocycles. The molecule has 0 atom stereocenters. The Morgan fingerprint density at radius 1 is 1.04 bits per heavy atom. The summed E-state index contributed by atoms with van der Waals surface area (Å²) in [5.41, 5.74) is 4.97. The molecule has 0 spiro atoms. The van der Waals surface area contributed by atoms with Crippen LogP contribution in [0, 0.1) is 6.92 Å². The van der Waals surface area contributed by atoms with Gasteiger partial charge in [0.15, 0.2) is 0 Å². The summed E-state index contributed by atoms with van der Waals surface area (Å²) >= 11 is 0. The molecule has 0 saturated carbocycles. The average molecular weight is 344 g/mol. The van der Waals surface area contributed by atoms with Crippen molar-refractivity contribution in [2.24, 2.45) is 0 Å². The number of hydrogen-bond donors (Lipinski definition) is 0. The zero-order chi connectivity index (χ0) is 18.1. The van der Waals surface area contributed by atoms with Crippen LogP contribution in [0.2, 0.25) is 0 Å². The number of aromatic nitrogens is 2. The molecular formula is C22H20N2O2. The summed E-state index contributed by atoms with van der Waals surface area (Å²) in [6.07, 6.45) is 1.77. The van der Waals surface area contributed by atoms with Crippen LogP contribution in [0.15, 0.2) is 60.8 Å². The smallest absolute Gasteiger partial charge is 0.356 e. The van der Waals surface area contributed by atoms with Gasteiger partial charge in [-0.05, 0) is 31.5 Å². The second-order valence-corrected chi connectivity index (χ2v) is 6.40. The van der Waals surface area contributed by atoms with Gasteiger partial charge in [0.25, 0.3) is 0 Å². The minimum Gasteiger partial charge on any atom is -0.461 e. The molecule has 2 aromatic carbocycles. The number of para-hydroxylation sites is 1. The second kappa shape index (κ2) is 6.64. The molecule has 0 aliphatic rings. The lowest BCUT2D eigenvalue weighted by atomic mass is 10.1. The first-order valence-electron chi connectivity index (χ1n) is 8.77. The summed E-state index contributed by atoms with van der Waals surface area (Å²) in [4.78, 5) is 16.4. The predicted molar refractivity (Wildman–Crippen MR) is 103 cm³/mol. The van der Waals surface area contributed by atoms with E-state index in [9.17, 15) is 4.79 Å². The van der Waals surface area contributed by atoms with Crippen LogP contribution in [0.3, 0.4) is 0 Å². The van der Waals surface area contributed by atoms with E-state index in [4.69, 9.17) is 4.74 Å². The SMILES string of the molecule is CCOC(=O)c1cc2c3ccccc3n(Cc3ccc(C)cc3)c2cn1. The Morgan fingerprint density at radius 2 is 1.81 bits per heavy atom. The van der Waals surface area contributed by atoms with Crippen LogP contribution in [-0.4, -0.2) is 22.1 Å². The van der Waals surface area contributed by atoms with Crippen LogP contribution >= 0.6 is 0 Å². The van der Waals surface area contributed by atoms with Gasteiger partial charge in [-0.25, -0.2) is 9.78 Å². The van der Waals surface area contributed by atoms with E-state index in [0.29, 0.717) is 12.3 Å². The highest BCUT2D eigenvalue weighted by atomic mass is 16.5. The monoisotopic (exact) mass is 344 g/mol. The van der Waals surface area contributed by atoms with Crippen molar-refractivity contribution in [1.29, 1.82) is 0 Å². The third kappa shape index (κ3) is 2.84. The molecule has 0 N–H and O–H groups in total. The molecule has 0 amide bonds. The van der Waals surface area contributed by atoms with Gasteiger partial charge in [-0.3, -0.25) is 0 Å². The molecule has 130 valence electrons. The summed E-state index contributed by atoms with van der Waals surface area (Å²) in [5.74, 6) is -0.384. The zero-order valence-corrected chi connectivity index (χ0v) is 14.9. The third-order valence-electron chi connectivity index (χ3n) is 4.60. The highest BCUT2D eigenvalue weighted by Gasteiger charge is 2.15. The van der Waals surface area contributed by atoms with E-state index in [1.807, 2.05) is 18.2 Å². The molecule has 4 nitrogen and oxygen atoms in total. The zero-order valence-electron chi connectivity index (χ0n) is 14.9. The lowest BCUT2D eigenvalue weighted by Crippen LogP contribution is -2.07. The molecule has 2 aromatic heterocycles. The van der Waals surface area contributed by atoms with Crippen LogP contribution in [0.4, 0.5) is 0 Å². The first-order chi connectivity index (χ1) is 12.7. The molecule has 2 heterocycles. The van der Waals surface area contributed by atoms with Gasteiger partial charge >= 0.3 is 5.97 Å². The van der Waals surface area contributed by atoms with E-state index < -0.39 is 0 Å². The van der Waals surface area contributed by atoms with E-state index >= 15 is 0 Å². The maximum absolute atomic E-state index is 12.1. The fourth-order valence-corrected chi connectivity index (χ4v) is 3.31. The largest absolute Gasteiger partial charge is 0.461 e. The van der Waals surface area contributed by atoms with Gasteiger partial charge < -0.3 is 9.30 Å². The van der Waals surface area contributed by atoms with Crippen molar-refractivity contribution in [1.82, 2.24) is 9.55 Å². The van der Waals surface area contributed by atoms with Gasteiger partial charge in [-0.15, -0.1) is 0 Å². The first-order valence-corrected chi connectivity index (χ1v) is 8.77. The normalized spacial score (nSPS) is 11.2. The van der Waals surface area contributed by atoms with Crippen LogP contribution in [0.1, 0.15) is 28.5 Å². The van der Waals surface area contributed by atoms with Gasteiger partial charge in [0, 0.05) is 22.8 Å².